The first-order valence-electron chi connectivity index (χ1n) is 8.71. The first-order chi connectivity index (χ1) is 12.1. The maximum absolute atomic E-state index is 12.5. The van der Waals surface area contributed by atoms with Crippen LogP contribution in [0.25, 0.3) is 0 Å². The molecule has 1 aromatic carbocycles. The molecule has 1 aromatic heterocycles. The fourth-order valence-corrected chi connectivity index (χ4v) is 2.93. The molecular weight excluding hydrogens is 314 g/mol. The third kappa shape index (κ3) is 4.44. The van der Waals surface area contributed by atoms with Gasteiger partial charge >= 0.3 is 0 Å². The fraction of sp³-hybridized carbons (Fsp3) is 0.350. The number of aromatic nitrogens is 1. The Bertz CT molecular complexity index is 720. The molecule has 3 rings (SSSR count). The number of nitrogens with zero attached hydrogens (tertiary/aromatic N) is 2. The van der Waals surface area contributed by atoms with E-state index in [-0.39, 0.29) is 11.8 Å². The maximum Gasteiger partial charge on any atom is 0.253 e. The van der Waals surface area contributed by atoms with Gasteiger partial charge < -0.3 is 10.2 Å². The molecule has 2 amide bonds. The van der Waals surface area contributed by atoms with Gasteiger partial charge in [-0.05, 0) is 55.2 Å². The highest BCUT2D eigenvalue weighted by Gasteiger charge is 2.21. The Morgan fingerprint density at radius 1 is 1.08 bits per heavy atom. The molecule has 1 N–H and O–H groups in total. The number of carbonyl (C=O) groups excluding carboxylic acids is 2. The fourth-order valence-electron chi connectivity index (χ4n) is 2.93. The normalized spacial score (nSPS) is 15.0. The van der Waals surface area contributed by atoms with Crippen LogP contribution in [0.15, 0.2) is 48.7 Å². The Kier molecular flexibility index (Phi) is 5.43. The molecule has 130 valence electrons. The standard InChI is InChI=1S/C20H23N3O2/c1-15-9-12-23(13-10-15)20(25)17-7-5-16(6-8-17)19(24)22-14-18-4-2-3-11-21-18/h2-8,11,15H,9-10,12-14H2,1H3,(H,22,24). The van der Waals surface area contributed by atoms with E-state index in [1.165, 1.54) is 0 Å². The number of hydrogen-bond acceptors (Lipinski definition) is 3. The van der Waals surface area contributed by atoms with Gasteiger partial charge in [-0.3, -0.25) is 14.6 Å². The third-order valence-electron chi connectivity index (χ3n) is 4.62. The lowest BCUT2D eigenvalue weighted by Crippen LogP contribution is -2.37. The van der Waals surface area contributed by atoms with Crippen LogP contribution in [-0.4, -0.2) is 34.8 Å². The predicted octanol–water partition coefficient (Wildman–Crippen LogP) is 2.88. The molecule has 0 saturated carbocycles. The maximum atomic E-state index is 12.5. The van der Waals surface area contributed by atoms with Crippen molar-refractivity contribution < 1.29 is 9.59 Å². The van der Waals surface area contributed by atoms with Crippen molar-refractivity contribution in [3.8, 4) is 0 Å². The van der Waals surface area contributed by atoms with Gasteiger partial charge in [0.25, 0.3) is 11.8 Å². The number of hydrogen-bond donors (Lipinski definition) is 1. The van der Waals surface area contributed by atoms with E-state index in [0.717, 1.165) is 31.6 Å². The summed E-state index contributed by atoms with van der Waals surface area (Å²) in [5.41, 5.74) is 1.98. The van der Waals surface area contributed by atoms with Crippen molar-refractivity contribution in [3.63, 3.8) is 0 Å². The predicted molar refractivity (Wildman–Crippen MR) is 96.2 cm³/mol. The third-order valence-corrected chi connectivity index (χ3v) is 4.62. The lowest BCUT2D eigenvalue weighted by Gasteiger charge is -2.30. The highest BCUT2D eigenvalue weighted by molar-refractivity contribution is 5.97. The monoisotopic (exact) mass is 337 g/mol. The average molecular weight is 337 g/mol. The van der Waals surface area contributed by atoms with Crippen LogP contribution in [0, 0.1) is 5.92 Å². The number of pyridine rings is 1. The van der Waals surface area contributed by atoms with Crippen LogP contribution in [-0.2, 0) is 6.54 Å². The second-order valence-corrected chi connectivity index (χ2v) is 6.56. The molecule has 0 spiro atoms. The van der Waals surface area contributed by atoms with Crippen molar-refractivity contribution in [2.24, 2.45) is 5.92 Å². The summed E-state index contributed by atoms with van der Waals surface area (Å²) in [6.45, 7) is 4.23. The lowest BCUT2D eigenvalue weighted by molar-refractivity contribution is 0.0696. The summed E-state index contributed by atoms with van der Waals surface area (Å²) in [7, 11) is 0. The van der Waals surface area contributed by atoms with E-state index >= 15 is 0 Å². The molecule has 1 saturated heterocycles. The number of benzene rings is 1. The second-order valence-electron chi connectivity index (χ2n) is 6.56. The Morgan fingerprint density at radius 3 is 2.40 bits per heavy atom. The second kappa shape index (κ2) is 7.92. The molecule has 0 bridgehead atoms. The van der Waals surface area contributed by atoms with E-state index in [1.54, 1.807) is 30.5 Å². The number of likely N-dealkylation sites (tertiary alicyclic amines) is 1. The molecule has 1 fully saturated rings. The van der Waals surface area contributed by atoms with Gasteiger partial charge in [-0.25, -0.2) is 0 Å². The highest BCUT2D eigenvalue weighted by Crippen LogP contribution is 2.18. The van der Waals surface area contributed by atoms with Crippen LogP contribution in [0.5, 0.6) is 0 Å². The minimum atomic E-state index is -0.170. The summed E-state index contributed by atoms with van der Waals surface area (Å²) in [6, 6.07) is 12.5. The van der Waals surface area contributed by atoms with Crippen LogP contribution in [0.3, 0.4) is 0 Å². The zero-order valence-corrected chi connectivity index (χ0v) is 14.4. The zero-order chi connectivity index (χ0) is 17.6. The van der Waals surface area contributed by atoms with Crippen molar-refractivity contribution in [1.29, 1.82) is 0 Å². The van der Waals surface area contributed by atoms with E-state index in [9.17, 15) is 9.59 Å². The van der Waals surface area contributed by atoms with E-state index in [0.29, 0.717) is 23.6 Å². The number of piperidine rings is 1. The van der Waals surface area contributed by atoms with Crippen LogP contribution in [0.4, 0.5) is 0 Å². The van der Waals surface area contributed by atoms with Gasteiger partial charge in [0, 0.05) is 30.4 Å². The minimum Gasteiger partial charge on any atom is -0.346 e. The Labute approximate surface area is 148 Å². The number of nitrogens with one attached hydrogen (secondary N) is 1. The van der Waals surface area contributed by atoms with Gasteiger partial charge in [-0.1, -0.05) is 13.0 Å². The molecule has 0 aliphatic carbocycles. The topological polar surface area (TPSA) is 62.3 Å². The van der Waals surface area contributed by atoms with Gasteiger partial charge in [-0.15, -0.1) is 0 Å². The largest absolute Gasteiger partial charge is 0.346 e. The molecule has 5 heteroatoms. The quantitative estimate of drug-likeness (QED) is 0.933. The summed E-state index contributed by atoms with van der Waals surface area (Å²) in [6.07, 6.45) is 3.81. The molecule has 1 aliphatic heterocycles. The summed E-state index contributed by atoms with van der Waals surface area (Å²) in [5.74, 6) is 0.568. The van der Waals surface area contributed by atoms with Crippen LogP contribution < -0.4 is 5.32 Å². The smallest absolute Gasteiger partial charge is 0.253 e. The Hall–Kier alpha value is -2.69. The summed E-state index contributed by atoms with van der Waals surface area (Å²) >= 11 is 0. The van der Waals surface area contributed by atoms with Crippen LogP contribution >= 0.6 is 0 Å². The van der Waals surface area contributed by atoms with E-state index in [2.05, 4.69) is 17.2 Å². The molecule has 5 nitrogen and oxygen atoms in total. The van der Waals surface area contributed by atoms with Crippen molar-refractivity contribution >= 4 is 11.8 Å². The molecule has 0 radical (unpaired) electrons. The molecule has 0 atom stereocenters. The van der Waals surface area contributed by atoms with Crippen molar-refractivity contribution in [2.75, 3.05) is 13.1 Å². The van der Waals surface area contributed by atoms with E-state index in [4.69, 9.17) is 0 Å². The lowest BCUT2D eigenvalue weighted by atomic mass is 9.98. The summed E-state index contributed by atoms with van der Waals surface area (Å²) in [5, 5.41) is 2.84. The minimum absolute atomic E-state index is 0.0485. The SMILES string of the molecule is CC1CCN(C(=O)c2ccc(C(=O)NCc3ccccn3)cc2)CC1. The van der Waals surface area contributed by atoms with Gasteiger partial charge in [-0.2, -0.15) is 0 Å². The molecule has 1 aliphatic rings. The zero-order valence-electron chi connectivity index (χ0n) is 14.4. The van der Waals surface area contributed by atoms with Gasteiger partial charge in [0.05, 0.1) is 12.2 Å². The molecule has 0 unspecified atom stereocenters. The first kappa shape index (κ1) is 17.1. The number of rotatable bonds is 4. The molecular formula is C20H23N3O2. The van der Waals surface area contributed by atoms with Crippen molar-refractivity contribution in [2.45, 2.75) is 26.3 Å². The molecule has 2 heterocycles. The molecule has 2 aromatic rings. The van der Waals surface area contributed by atoms with Crippen molar-refractivity contribution in [3.05, 3.63) is 65.5 Å². The summed E-state index contributed by atoms with van der Waals surface area (Å²) in [4.78, 5) is 30.8. The number of carbonyl (C=O) groups is 2. The van der Waals surface area contributed by atoms with Crippen molar-refractivity contribution in [1.82, 2.24) is 15.2 Å². The number of amides is 2. The summed E-state index contributed by atoms with van der Waals surface area (Å²) < 4.78 is 0. The first-order valence-corrected chi connectivity index (χ1v) is 8.71. The van der Waals surface area contributed by atoms with Crippen LogP contribution in [0.2, 0.25) is 0 Å². The van der Waals surface area contributed by atoms with Gasteiger partial charge in [0.1, 0.15) is 0 Å². The van der Waals surface area contributed by atoms with Gasteiger partial charge in [0.15, 0.2) is 0 Å². The molecule has 25 heavy (non-hydrogen) atoms. The van der Waals surface area contributed by atoms with E-state index < -0.39 is 0 Å². The van der Waals surface area contributed by atoms with Crippen LogP contribution in [0.1, 0.15) is 46.2 Å². The van der Waals surface area contributed by atoms with E-state index in [1.807, 2.05) is 23.1 Å². The Morgan fingerprint density at radius 2 is 1.76 bits per heavy atom. The van der Waals surface area contributed by atoms with Gasteiger partial charge in [0.2, 0.25) is 0 Å². The Balaban J connectivity index is 1.58. The average Bonchev–Trinajstić information content (AvgIpc) is 2.67. The highest BCUT2D eigenvalue weighted by atomic mass is 16.2.